The van der Waals surface area contributed by atoms with Gasteiger partial charge in [0, 0.05) is 45.3 Å². The minimum absolute atomic E-state index is 0.128. The fourth-order valence-corrected chi connectivity index (χ4v) is 6.15. The molecule has 29 heavy (non-hydrogen) atoms. The lowest BCUT2D eigenvalue weighted by atomic mass is 10.1. The summed E-state index contributed by atoms with van der Waals surface area (Å²) in [6.07, 6.45) is 1.35. The van der Waals surface area contributed by atoms with Gasteiger partial charge in [-0.05, 0) is 48.8 Å². The molecule has 2 saturated heterocycles. The zero-order valence-corrected chi connectivity index (χ0v) is 18.1. The Labute approximate surface area is 175 Å². The zero-order valence-electron chi connectivity index (χ0n) is 16.5. The number of anilines is 1. The molecule has 1 aromatic heterocycles. The summed E-state index contributed by atoms with van der Waals surface area (Å²) in [6.45, 7) is 4.07. The van der Waals surface area contributed by atoms with Gasteiger partial charge in [-0.25, -0.2) is 17.5 Å². The highest BCUT2D eigenvalue weighted by molar-refractivity contribution is 7.91. The van der Waals surface area contributed by atoms with Crippen molar-refractivity contribution in [3.8, 4) is 0 Å². The summed E-state index contributed by atoms with van der Waals surface area (Å²) >= 11 is 5.55. The molecular formula is C19H26FN5O2S2. The van der Waals surface area contributed by atoms with Gasteiger partial charge in [0.1, 0.15) is 11.6 Å². The molecule has 1 unspecified atom stereocenters. The molecule has 4 rings (SSSR count). The maximum atomic E-state index is 13.1. The largest absolute Gasteiger partial charge is 0.369 e. The SMILES string of the molecule is Cn1c(CC2CCS(=O)(=O)C2)nn(CN2CCN(c3ccc(F)cc3)CC2)c1=S. The molecule has 0 bridgehead atoms. The van der Waals surface area contributed by atoms with Crippen LogP contribution in [0.15, 0.2) is 24.3 Å². The first-order valence-corrected chi connectivity index (χ1v) is 12.1. The van der Waals surface area contributed by atoms with Gasteiger partial charge in [0.2, 0.25) is 0 Å². The van der Waals surface area contributed by atoms with Gasteiger partial charge in [-0.3, -0.25) is 4.90 Å². The van der Waals surface area contributed by atoms with E-state index >= 15 is 0 Å². The molecule has 158 valence electrons. The highest BCUT2D eigenvalue weighted by Gasteiger charge is 2.29. The lowest BCUT2D eigenvalue weighted by Gasteiger charge is -2.35. The Bertz CT molecular complexity index is 1020. The Kier molecular flexibility index (Phi) is 5.76. The van der Waals surface area contributed by atoms with E-state index < -0.39 is 9.84 Å². The lowest BCUT2D eigenvalue weighted by molar-refractivity contribution is 0.194. The smallest absolute Gasteiger partial charge is 0.198 e. The first-order chi connectivity index (χ1) is 13.8. The molecule has 2 fully saturated rings. The highest BCUT2D eigenvalue weighted by atomic mass is 32.2. The second-order valence-electron chi connectivity index (χ2n) is 7.95. The lowest BCUT2D eigenvalue weighted by Crippen LogP contribution is -2.47. The van der Waals surface area contributed by atoms with Crippen molar-refractivity contribution in [1.29, 1.82) is 0 Å². The van der Waals surface area contributed by atoms with E-state index in [9.17, 15) is 12.8 Å². The number of piperazine rings is 1. The van der Waals surface area contributed by atoms with Gasteiger partial charge in [-0.2, -0.15) is 5.10 Å². The van der Waals surface area contributed by atoms with E-state index in [1.54, 1.807) is 0 Å². The number of aromatic nitrogens is 3. The molecule has 1 aromatic carbocycles. The number of benzene rings is 1. The van der Waals surface area contributed by atoms with Crippen LogP contribution in [-0.4, -0.2) is 65.4 Å². The summed E-state index contributed by atoms with van der Waals surface area (Å²) in [5.41, 5.74) is 1.04. The molecule has 0 N–H and O–H groups in total. The first kappa shape index (κ1) is 20.5. The van der Waals surface area contributed by atoms with Gasteiger partial charge in [0.05, 0.1) is 18.2 Å². The standard InChI is InChI=1S/C19H26FN5O2S2/c1-22-18(12-15-6-11-29(26,27)13-15)21-25(19(22)28)14-23-7-9-24(10-8-23)17-4-2-16(20)3-5-17/h2-5,15H,6-14H2,1H3. The van der Waals surface area contributed by atoms with Crippen molar-refractivity contribution in [2.75, 3.05) is 42.6 Å². The molecule has 0 amide bonds. The third-order valence-corrected chi connectivity index (χ3v) is 8.15. The first-order valence-electron chi connectivity index (χ1n) is 9.87. The normalized spacial score (nSPS) is 22.3. The monoisotopic (exact) mass is 439 g/mol. The van der Waals surface area contributed by atoms with Gasteiger partial charge < -0.3 is 9.47 Å². The number of hydrogen-bond acceptors (Lipinski definition) is 6. The fraction of sp³-hybridized carbons (Fsp3) is 0.579. The highest BCUT2D eigenvalue weighted by Crippen LogP contribution is 2.22. The summed E-state index contributed by atoms with van der Waals surface area (Å²) in [7, 11) is -0.989. The van der Waals surface area contributed by atoms with Crippen LogP contribution in [-0.2, 0) is 30.0 Å². The third-order valence-electron chi connectivity index (χ3n) is 5.83. The minimum Gasteiger partial charge on any atom is -0.369 e. The van der Waals surface area contributed by atoms with Crippen molar-refractivity contribution >= 4 is 27.7 Å². The molecule has 0 radical (unpaired) electrons. The Hall–Kier alpha value is -1.78. The van der Waals surface area contributed by atoms with Crippen molar-refractivity contribution in [1.82, 2.24) is 19.2 Å². The van der Waals surface area contributed by atoms with E-state index in [4.69, 9.17) is 12.2 Å². The van der Waals surface area contributed by atoms with Gasteiger partial charge in [-0.1, -0.05) is 0 Å². The van der Waals surface area contributed by atoms with E-state index in [-0.39, 0.29) is 23.2 Å². The number of nitrogens with zero attached hydrogens (tertiary/aromatic N) is 5. The Morgan fingerprint density at radius 1 is 1.17 bits per heavy atom. The molecule has 10 heteroatoms. The van der Waals surface area contributed by atoms with Crippen LogP contribution >= 0.6 is 12.2 Å². The average Bonchev–Trinajstić information content (AvgIpc) is 3.17. The summed E-state index contributed by atoms with van der Waals surface area (Å²) in [5, 5.41) is 4.69. The molecule has 3 heterocycles. The van der Waals surface area contributed by atoms with Gasteiger partial charge in [0.15, 0.2) is 14.6 Å². The molecule has 7 nitrogen and oxygen atoms in total. The third kappa shape index (κ3) is 4.70. The van der Waals surface area contributed by atoms with E-state index in [2.05, 4.69) is 14.9 Å². The van der Waals surface area contributed by atoms with Crippen LogP contribution in [0.2, 0.25) is 0 Å². The van der Waals surface area contributed by atoms with Crippen molar-refractivity contribution in [2.24, 2.45) is 13.0 Å². The van der Waals surface area contributed by atoms with Crippen LogP contribution in [0.3, 0.4) is 0 Å². The Morgan fingerprint density at radius 3 is 2.48 bits per heavy atom. The summed E-state index contributed by atoms with van der Waals surface area (Å²) < 4.78 is 40.9. The Morgan fingerprint density at radius 2 is 1.86 bits per heavy atom. The van der Waals surface area contributed by atoms with E-state index in [1.165, 1.54) is 12.1 Å². The van der Waals surface area contributed by atoms with Crippen LogP contribution < -0.4 is 4.90 Å². The van der Waals surface area contributed by atoms with Gasteiger partial charge in [-0.15, -0.1) is 0 Å². The molecule has 1 atom stereocenters. The Balaban J connectivity index is 1.36. The van der Waals surface area contributed by atoms with Crippen LogP contribution in [0.1, 0.15) is 12.2 Å². The quantitative estimate of drug-likeness (QED) is 0.663. The van der Waals surface area contributed by atoms with Crippen LogP contribution in [0, 0.1) is 16.5 Å². The minimum atomic E-state index is -2.89. The maximum Gasteiger partial charge on any atom is 0.198 e. The van der Waals surface area contributed by atoms with E-state index in [0.29, 0.717) is 24.3 Å². The van der Waals surface area contributed by atoms with Gasteiger partial charge in [0.25, 0.3) is 0 Å². The predicted octanol–water partition coefficient (Wildman–Crippen LogP) is 1.85. The average molecular weight is 440 g/mol. The maximum absolute atomic E-state index is 13.1. The van der Waals surface area contributed by atoms with E-state index in [0.717, 1.165) is 37.7 Å². The number of halogens is 1. The van der Waals surface area contributed by atoms with Crippen molar-refractivity contribution in [3.63, 3.8) is 0 Å². The molecule has 0 aliphatic carbocycles. The number of sulfone groups is 1. The second-order valence-corrected chi connectivity index (χ2v) is 10.5. The second kappa shape index (κ2) is 8.16. The van der Waals surface area contributed by atoms with Crippen LogP contribution in [0.5, 0.6) is 0 Å². The van der Waals surface area contributed by atoms with Crippen molar-refractivity contribution in [3.05, 3.63) is 40.7 Å². The molecule has 2 aliphatic rings. The van der Waals surface area contributed by atoms with E-state index in [1.807, 2.05) is 28.4 Å². The summed E-state index contributed by atoms with van der Waals surface area (Å²) in [6, 6.07) is 6.61. The summed E-state index contributed by atoms with van der Waals surface area (Å²) in [5.74, 6) is 1.28. The molecule has 2 aromatic rings. The van der Waals surface area contributed by atoms with Crippen LogP contribution in [0.25, 0.3) is 0 Å². The molecular weight excluding hydrogens is 413 g/mol. The predicted molar refractivity (Wildman–Crippen MR) is 113 cm³/mol. The number of hydrogen-bond donors (Lipinski definition) is 0. The van der Waals surface area contributed by atoms with Gasteiger partial charge >= 0.3 is 0 Å². The molecule has 0 spiro atoms. The molecule has 2 aliphatic heterocycles. The summed E-state index contributed by atoms with van der Waals surface area (Å²) in [4.78, 5) is 4.55. The fourth-order valence-electron chi connectivity index (χ4n) is 4.08. The van der Waals surface area contributed by atoms with Crippen molar-refractivity contribution < 1.29 is 12.8 Å². The zero-order chi connectivity index (χ0) is 20.6. The topological polar surface area (TPSA) is 63.4 Å². The number of rotatable bonds is 5. The van der Waals surface area contributed by atoms with Crippen molar-refractivity contribution in [2.45, 2.75) is 19.5 Å². The van der Waals surface area contributed by atoms with Crippen LogP contribution in [0.4, 0.5) is 10.1 Å². The molecule has 0 saturated carbocycles.